The van der Waals surface area contributed by atoms with Crippen LogP contribution in [0.3, 0.4) is 0 Å². The highest BCUT2D eigenvalue weighted by atomic mass is 79.9. The second-order valence-electron chi connectivity index (χ2n) is 5.13. The fourth-order valence-electron chi connectivity index (χ4n) is 2.17. The van der Waals surface area contributed by atoms with Crippen LogP contribution in [0.2, 0.25) is 0 Å². The Morgan fingerprint density at radius 2 is 1.92 bits per heavy atom. The van der Waals surface area contributed by atoms with Crippen LogP contribution in [0.25, 0.3) is 0 Å². The third-order valence-corrected chi connectivity index (χ3v) is 5.80. The van der Waals surface area contributed by atoms with Crippen LogP contribution < -0.4 is 5.73 Å². The van der Waals surface area contributed by atoms with E-state index >= 15 is 0 Å². The molecule has 0 amide bonds. The zero-order valence-corrected chi connectivity index (χ0v) is 15.5. The number of rotatable bonds is 7. The van der Waals surface area contributed by atoms with E-state index in [2.05, 4.69) is 15.9 Å². The van der Waals surface area contributed by atoms with Crippen molar-refractivity contribution in [3.05, 3.63) is 58.3 Å². The van der Waals surface area contributed by atoms with E-state index in [0.29, 0.717) is 0 Å². The number of methoxy groups -OCH3 is 1. The molecule has 24 heavy (non-hydrogen) atoms. The van der Waals surface area contributed by atoms with Crippen molar-refractivity contribution in [1.29, 1.82) is 0 Å². The monoisotopic (exact) mass is 416 g/mol. The van der Waals surface area contributed by atoms with Gasteiger partial charge in [-0.2, -0.15) is 4.31 Å². The Kier molecular flexibility index (Phi) is 6.34. The summed E-state index contributed by atoms with van der Waals surface area (Å²) in [5.41, 5.74) is 6.63. The Morgan fingerprint density at radius 1 is 1.25 bits per heavy atom. The lowest BCUT2D eigenvalue weighted by Gasteiger charge is -2.22. The molecule has 0 aliphatic heterocycles. The summed E-state index contributed by atoms with van der Waals surface area (Å²) in [6, 6.07) is 11.5. The lowest BCUT2D eigenvalue weighted by molar-refractivity contribution is 0.177. The lowest BCUT2D eigenvalue weighted by atomic mass is 10.2. The van der Waals surface area contributed by atoms with Crippen LogP contribution >= 0.6 is 15.9 Å². The Balaban J connectivity index is 2.44. The summed E-state index contributed by atoms with van der Waals surface area (Å²) < 4.78 is 46.4. The van der Waals surface area contributed by atoms with E-state index < -0.39 is 20.7 Å². The van der Waals surface area contributed by atoms with E-state index in [1.165, 1.54) is 17.5 Å². The molecule has 0 saturated carbocycles. The van der Waals surface area contributed by atoms with E-state index in [9.17, 15) is 12.8 Å². The number of nitrogen functional groups attached to an aromatic ring is 1. The van der Waals surface area contributed by atoms with Gasteiger partial charge in [0.05, 0.1) is 11.1 Å². The first-order chi connectivity index (χ1) is 11.4. The van der Waals surface area contributed by atoms with Crippen molar-refractivity contribution in [2.24, 2.45) is 0 Å². The quantitative estimate of drug-likeness (QED) is 0.704. The Labute approximate surface area is 149 Å². The molecule has 0 heterocycles. The van der Waals surface area contributed by atoms with Gasteiger partial charge >= 0.3 is 0 Å². The van der Waals surface area contributed by atoms with E-state index in [0.717, 1.165) is 11.6 Å². The minimum atomic E-state index is -4.08. The maximum Gasteiger partial charge on any atom is 0.246 e. The van der Waals surface area contributed by atoms with Gasteiger partial charge in [0.15, 0.2) is 5.82 Å². The number of hydrogen-bond acceptors (Lipinski definition) is 4. The average molecular weight is 417 g/mol. The molecule has 2 aromatic carbocycles. The third kappa shape index (κ3) is 4.32. The van der Waals surface area contributed by atoms with E-state index in [1.54, 1.807) is 12.1 Å². The molecule has 0 fully saturated rings. The van der Waals surface area contributed by atoms with Crippen molar-refractivity contribution in [3.63, 3.8) is 0 Å². The Morgan fingerprint density at radius 3 is 2.54 bits per heavy atom. The molecule has 8 heteroatoms. The van der Waals surface area contributed by atoms with Crippen molar-refractivity contribution < 1.29 is 17.5 Å². The standard InChI is InChI=1S/C16H18BrFN2O3S/c1-23-8-7-20(11-12-5-3-2-4-6-12)24(21,22)15-10-13(19)9-14(17)16(15)18/h2-6,9-10H,7-8,11,19H2,1H3. The summed E-state index contributed by atoms with van der Waals surface area (Å²) in [6.07, 6.45) is 0. The second kappa shape index (κ2) is 8.06. The summed E-state index contributed by atoms with van der Waals surface area (Å²) in [5.74, 6) is -0.861. The van der Waals surface area contributed by atoms with Crippen LogP contribution in [0.5, 0.6) is 0 Å². The first kappa shape index (κ1) is 18.9. The van der Waals surface area contributed by atoms with E-state index in [4.69, 9.17) is 10.5 Å². The number of nitrogens with two attached hydrogens (primary N) is 1. The summed E-state index contributed by atoms with van der Waals surface area (Å²) in [4.78, 5) is -0.457. The van der Waals surface area contributed by atoms with Gasteiger partial charge in [-0.1, -0.05) is 30.3 Å². The van der Waals surface area contributed by atoms with Crippen molar-refractivity contribution in [3.8, 4) is 0 Å². The van der Waals surface area contributed by atoms with Gasteiger partial charge in [0.1, 0.15) is 4.90 Å². The Bertz CT molecular complexity index is 800. The number of ether oxygens (including phenoxy) is 1. The third-order valence-electron chi connectivity index (χ3n) is 3.38. The van der Waals surface area contributed by atoms with Gasteiger partial charge in [0, 0.05) is 25.9 Å². The van der Waals surface area contributed by atoms with Crippen LogP contribution in [-0.2, 0) is 21.3 Å². The molecule has 2 rings (SSSR count). The van der Waals surface area contributed by atoms with Gasteiger partial charge in [0.25, 0.3) is 0 Å². The highest BCUT2D eigenvalue weighted by Crippen LogP contribution is 2.29. The first-order valence-corrected chi connectivity index (χ1v) is 9.37. The summed E-state index contributed by atoms with van der Waals surface area (Å²) in [5, 5.41) is 0. The molecule has 130 valence electrons. The second-order valence-corrected chi connectivity index (χ2v) is 7.89. The minimum Gasteiger partial charge on any atom is -0.399 e. The number of hydrogen-bond donors (Lipinski definition) is 1. The molecule has 0 bridgehead atoms. The summed E-state index contributed by atoms with van der Waals surface area (Å²) in [7, 11) is -2.60. The molecular formula is C16H18BrFN2O3S. The van der Waals surface area contributed by atoms with Gasteiger partial charge in [-0.3, -0.25) is 0 Å². The van der Waals surface area contributed by atoms with E-state index in [-0.39, 0.29) is 29.9 Å². The van der Waals surface area contributed by atoms with Gasteiger partial charge in [-0.25, -0.2) is 12.8 Å². The highest BCUT2D eigenvalue weighted by Gasteiger charge is 2.29. The van der Waals surface area contributed by atoms with Crippen LogP contribution in [0.15, 0.2) is 51.8 Å². The lowest BCUT2D eigenvalue weighted by Crippen LogP contribution is -2.34. The van der Waals surface area contributed by atoms with E-state index in [1.807, 2.05) is 18.2 Å². The molecule has 0 saturated heterocycles. The van der Waals surface area contributed by atoms with Gasteiger partial charge in [-0.05, 0) is 33.6 Å². The first-order valence-electron chi connectivity index (χ1n) is 7.13. The zero-order valence-electron chi connectivity index (χ0n) is 13.1. The molecule has 0 unspecified atom stereocenters. The van der Waals surface area contributed by atoms with Crippen LogP contribution in [0, 0.1) is 5.82 Å². The van der Waals surface area contributed by atoms with Gasteiger partial charge < -0.3 is 10.5 Å². The number of anilines is 1. The maximum absolute atomic E-state index is 14.4. The average Bonchev–Trinajstić information content (AvgIpc) is 2.55. The molecule has 0 aliphatic carbocycles. The number of halogens is 2. The molecule has 2 aromatic rings. The molecule has 0 aromatic heterocycles. The summed E-state index contributed by atoms with van der Waals surface area (Å²) in [6.45, 7) is 0.398. The van der Waals surface area contributed by atoms with Gasteiger partial charge in [0.2, 0.25) is 10.0 Å². The maximum atomic E-state index is 14.4. The highest BCUT2D eigenvalue weighted by molar-refractivity contribution is 9.10. The topological polar surface area (TPSA) is 72.6 Å². The smallest absolute Gasteiger partial charge is 0.246 e. The van der Waals surface area contributed by atoms with Crippen molar-refractivity contribution in [2.45, 2.75) is 11.4 Å². The van der Waals surface area contributed by atoms with Crippen molar-refractivity contribution in [2.75, 3.05) is 26.0 Å². The zero-order chi connectivity index (χ0) is 17.7. The number of sulfonamides is 1. The predicted molar refractivity (Wildman–Crippen MR) is 94.4 cm³/mol. The largest absolute Gasteiger partial charge is 0.399 e. The SMILES string of the molecule is COCCN(Cc1ccccc1)S(=O)(=O)c1cc(N)cc(Br)c1F. The van der Waals surface area contributed by atoms with Crippen molar-refractivity contribution in [1.82, 2.24) is 4.31 Å². The normalized spacial score (nSPS) is 11.8. The van der Waals surface area contributed by atoms with Crippen LogP contribution in [0.1, 0.15) is 5.56 Å². The molecule has 0 aliphatic rings. The molecule has 5 nitrogen and oxygen atoms in total. The molecule has 2 N–H and O–H groups in total. The predicted octanol–water partition coefficient (Wildman–Crippen LogP) is 3.01. The van der Waals surface area contributed by atoms with Gasteiger partial charge in [-0.15, -0.1) is 0 Å². The molecule has 0 atom stereocenters. The molecule has 0 spiro atoms. The van der Waals surface area contributed by atoms with Crippen LogP contribution in [0.4, 0.5) is 10.1 Å². The van der Waals surface area contributed by atoms with Crippen molar-refractivity contribution >= 4 is 31.6 Å². The van der Waals surface area contributed by atoms with Crippen LogP contribution in [-0.4, -0.2) is 33.0 Å². The molecular weight excluding hydrogens is 399 g/mol. The fraction of sp³-hybridized carbons (Fsp3) is 0.250. The Hall–Kier alpha value is -1.48. The fourth-order valence-corrected chi connectivity index (χ4v) is 4.32. The molecule has 0 radical (unpaired) electrons. The number of benzene rings is 2. The summed E-state index contributed by atoms with van der Waals surface area (Å²) >= 11 is 3.00. The number of nitrogens with zero attached hydrogens (tertiary/aromatic N) is 1. The minimum absolute atomic E-state index is 0.00692.